The van der Waals surface area contributed by atoms with Gasteiger partial charge in [0, 0.05) is 55.4 Å². The van der Waals surface area contributed by atoms with Gasteiger partial charge in [0.25, 0.3) is 0 Å². The van der Waals surface area contributed by atoms with Gasteiger partial charge in [-0.15, -0.1) is 0 Å². The highest BCUT2D eigenvalue weighted by atomic mass is 16.5. The largest absolute Gasteiger partial charge is 0.457 e. The Balaban J connectivity index is 0.774. The van der Waals surface area contributed by atoms with Gasteiger partial charge in [-0.3, -0.25) is 0 Å². The Kier molecular flexibility index (Phi) is 9.84. The minimum absolute atomic E-state index is 0.0849. The van der Waals surface area contributed by atoms with Gasteiger partial charge in [0.1, 0.15) is 11.5 Å². The molecule has 0 N–H and O–H groups in total. The lowest BCUT2D eigenvalue weighted by molar-refractivity contribution is 0.482. The molecular weight excluding hydrogens is 887 g/mol. The van der Waals surface area contributed by atoms with Crippen molar-refractivity contribution in [2.45, 2.75) is 19.3 Å². The number of aromatic nitrogens is 2. The Morgan fingerprint density at radius 3 is 1.37 bits per heavy atom. The molecule has 0 atom stereocenters. The first-order valence-electron chi connectivity index (χ1n) is 25.2. The second-order valence-electron chi connectivity index (χ2n) is 19.7. The van der Waals surface area contributed by atoms with Crippen molar-refractivity contribution in [3.05, 3.63) is 272 Å². The maximum Gasteiger partial charge on any atom is 0.127 e. The summed E-state index contributed by atoms with van der Waals surface area (Å²) in [5.74, 6) is 1.63. The maximum absolute atomic E-state index is 6.13. The van der Waals surface area contributed by atoms with E-state index in [0.717, 1.165) is 39.9 Å². The van der Waals surface area contributed by atoms with Crippen molar-refractivity contribution in [1.29, 1.82) is 0 Å². The highest BCUT2D eigenvalue weighted by Crippen LogP contribution is 2.51. The standard InChI is InChI=1S/C69H49N3O/c1-69(2)63-22-12-9-19-57(63)58-40-37-54(45-64(58)69)70(50-15-5-3-6-16-50)51-31-25-46(26-32-51)47-27-33-52(34-28-47)71-65-23-13-10-20-59(65)61-43-48(29-41-67(61)71)49-30-42-68-62(44-49)60-21-11-14-24-66(60)72(68)53-35-38-56(39-36-53)73-55-17-7-4-8-18-55/h3-45H,1-2H3. The second kappa shape index (κ2) is 16.9. The zero-order chi connectivity index (χ0) is 48.6. The SMILES string of the molecule is CC1(C)c2ccccc2-c2ccc(N(c3ccccc3)c3ccc(-c4ccc(-n5c6ccccc6c6cc(-c7ccc8c(c7)c7ccccc7n8-c7ccc(Oc8ccccc8)cc7)ccc65)cc4)cc3)cc21. The Morgan fingerprint density at radius 2 is 0.753 bits per heavy atom. The first-order chi connectivity index (χ1) is 35.9. The first-order valence-corrected chi connectivity index (χ1v) is 25.2. The van der Waals surface area contributed by atoms with E-state index in [9.17, 15) is 0 Å². The predicted molar refractivity (Wildman–Crippen MR) is 305 cm³/mol. The van der Waals surface area contributed by atoms with E-state index in [2.05, 4.69) is 246 Å². The third kappa shape index (κ3) is 7.05. The van der Waals surface area contributed by atoms with Crippen molar-refractivity contribution in [3.63, 3.8) is 0 Å². The Hall–Kier alpha value is -9.38. The average molecular weight is 936 g/mol. The van der Waals surface area contributed by atoms with Gasteiger partial charge in [-0.2, -0.15) is 0 Å². The average Bonchev–Trinajstić information content (AvgIpc) is 4.04. The summed E-state index contributed by atoms with van der Waals surface area (Å²) in [6.45, 7) is 4.69. The molecule has 2 aromatic heterocycles. The van der Waals surface area contributed by atoms with Crippen molar-refractivity contribution in [3.8, 4) is 56.3 Å². The lowest BCUT2D eigenvalue weighted by Gasteiger charge is -2.28. The van der Waals surface area contributed by atoms with Crippen LogP contribution in [0.3, 0.4) is 0 Å². The molecule has 0 spiro atoms. The highest BCUT2D eigenvalue weighted by Gasteiger charge is 2.35. The number of hydrogen-bond donors (Lipinski definition) is 0. The third-order valence-corrected chi connectivity index (χ3v) is 15.2. The number of hydrogen-bond acceptors (Lipinski definition) is 2. The van der Waals surface area contributed by atoms with E-state index in [-0.39, 0.29) is 5.41 Å². The van der Waals surface area contributed by atoms with Crippen molar-refractivity contribution in [1.82, 2.24) is 9.13 Å². The van der Waals surface area contributed by atoms with E-state index in [0.29, 0.717) is 0 Å². The number of rotatable bonds is 9. The van der Waals surface area contributed by atoms with Gasteiger partial charge in [0.05, 0.1) is 22.1 Å². The Morgan fingerprint density at radius 1 is 0.315 bits per heavy atom. The monoisotopic (exact) mass is 935 g/mol. The van der Waals surface area contributed by atoms with Gasteiger partial charge in [-0.1, -0.05) is 153 Å². The van der Waals surface area contributed by atoms with E-state index in [1.807, 2.05) is 42.5 Å². The summed E-state index contributed by atoms with van der Waals surface area (Å²) in [5, 5.41) is 4.91. The summed E-state index contributed by atoms with van der Waals surface area (Å²) in [6.07, 6.45) is 0. The summed E-state index contributed by atoms with van der Waals surface area (Å²) < 4.78 is 10.9. The molecular formula is C69H49N3O. The van der Waals surface area contributed by atoms with Crippen molar-refractivity contribution in [2.24, 2.45) is 0 Å². The van der Waals surface area contributed by atoms with E-state index >= 15 is 0 Å². The topological polar surface area (TPSA) is 22.3 Å². The Bertz CT molecular complexity index is 4220. The van der Waals surface area contributed by atoms with Gasteiger partial charge < -0.3 is 18.8 Å². The quantitative estimate of drug-likeness (QED) is 0.144. The molecule has 0 amide bonds. The number of fused-ring (bicyclic) bond motifs is 9. The number of para-hydroxylation sites is 4. The molecule has 346 valence electrons. The first kappa shape index (κ1) is 42.5. The van der Waals surface area contributed by atoms with Crippen LogP contribution >= 0.6 is 0 Å². The predicted octanol–water partition coefficient (Wildman–Crippen LogP) is 18.8. The Labute approximate surface area is 424 Å². The molecule has 13 aromatic rings. The molecule has 1 aliphatic rings. The molecule has 0 fully saturated rings. The molecule has 0 aliphatic heterocycles. The minimum Gasteiger partial charge on any atom is -0.457 e. The molecule has 0 saturated carbocycles. The van der Waals surface area contributed by atoms with Crippen molar-refractivity contribution in [2.75, 3.05) is 4.90 Å². The van der Waals surface area contributed by atoms with Gasteiger partial charge in [-0.25, -0.2) is 0 Å². The van der Waals surface area contributed by atoms with E-state index in [1.165, 1.54) is 88.1 Å². The lowest BCUT2D eigenvalue weighted by Crippen LogP contribution is -2.16. The molecule has 0 unspecified atom stereocenters. The fourth-order valence-corrected chi connectivity index (χ4v) is 11.6. The van der Waals surface area contributed by atoms with Crippen LogP contribution < -0.4 is 9.64 Å². The molecule has 0 bridgehead atoms. The van der Waals surface area contributed by atoms with Crippen LogP contribution in [0.5, 0.6) is 11.5 Å². The molecule has 14 rings (SSSR count). The van der Waals surface area contributed by atoms with Crippen LogP contribution in [-0.2, 0) is 5.41 Å². The number of nitrogens with zero attached hydrogens (tertiary/aromatic N) is 3. The highest BCUT2D eigenvalue weighted by molar-refractivity contribution is 6.12. The zero-order valence-corrected chi connectivity index (χ0v) is 40.6. The maximum atomic E-state index is 6.13. The number of benzene rings is 11. The molecule has 0 saturated heterocycles. The van der Waals surface area contributed by atoms with E-state index in [4.69, 9.17) is 4.74 Å². The van der Waals surface area contributed by atoms with Crippen LogP contribution in [0.15, 0.2) is 261 Å². The zero-order valence-electron chi connectivity index (χ0n) is 40.6. The fraction of sp³-hybridized carbons (Fsp3) is 0.0435. The molecule has 1 aliphatic carbocycles. The van der Waals surface area contributed by atoms with Crippen molar-refractivity contribution >= 4 is 60.7 Å². The molecule has 73 heavy (non-hydrogen) atoms. The smallest absolute Gasteiger partial charge is 0.127 e. The second-order valence-corrected chi connectivity index (χ2v) is 19.7. The van der Waals surface area contributed by atoms with E-state index < -0.39 is 0 Å². The molecule has 4 heteroatoms. The summed E-state index contributed by atoms with van der Waals surface area (Å²) >= 11 is 0. The van der Waals surface area contributed by atoms with Gasteiger partial charge in [0.15, 0.2) is 0 Å². The van der Waals surface area contributed by atoms with Crippen LogP contribution in [0, 0.1) is 0 Å². The van der Waals surface area contributed by atoms with Crippen molar-refractivity contribution < 1.29 is 4.74 Å². The fourth-order valence-electron chi connectivity index (χ4n) is 11.6. The molecule has 2 heterocycles. The molecule has 11 aromatic carbocycles. The molecule has 0 radical (unpaired) electrons. The number of anilines is 3. The van der Waals surface area contributed by atoms with E-state index in [1.54, 1.807) is 0 Å². The van der Waals surface area contributed by atoms with Crippen LogP contribution in [0.4, 0.5) is 17.1 Å². The van der Waals surface area contributed by atoms with Crippen LogP contribution in [0.1, 0.15) is 25.0 Å². The van der Waals surface area contributed by atoms with Gasteiger partial charge in [0.2, 0.25) is 0 Å². The minimum atomic E-state index is -0.0849. The number of ether oxygens (including phenoxy) is 1. The van der Waals surface area contributed by atoms with Gasteiger partial charge >= 0.3 is 0 Å². The molecule has 4 nitrogen and oxygen atoms in total. The van der Waals surface area contributed by atoms with Crippen LogP contribution in [0.25, 0.3) is 88.4 Å². The summed E-state index contributed by atoms with van der Waals surface area (Å²) in [5.41, 5.74) is 20.4. The summed E-state index contributed by atoms with van der Waals surface area (Å²) in [7, 11) is 0. The summed E-state index contributed by atoms with van der Waals surface area (Å²) in [4.78, 5) is 2.38. The van der Waals surface area contributed by atoms with Gasteiger partial charge in [-0.05, 0) is 166 Å². The van der Waals surface area contributed by atoms with Crippen LogP contribution in [-0.4, -0.2) is 9.13 Å². The third-order valence-electron chi connectivity index (χ3n) is 15.2. The lowest BCUT2D eigenvalue weighted by atomic mass is 9.82. The summed E-state index contributed by atoms with van der Waals surface area (Å²) in [6, 6.07) is 94.2. The van der Waals surface area contributed by atoms with Crippen LogP contribution in [0.2, 0.25) is 0 Å². The normalized spacial score (nSPS) is 12.6.